The summed E-state index contributed by atoms with van der Waals surface area (Å²) in [7, 11) is 2.65. The zero-order valence-electron chi connectivity index (χ0n) is 15.0. The smallest absolute Gasteiger partial charge is 0.465 e. The summed E-state index contributed by atoms with van der Waals surface area (Å²) in [4.78, 5) is 15.0. The molecule has 2 rings (SSSR count). The maximum absolute atomic E-state index is 12.5. The molecule has 1 aromatic heterocycles. The van der Waals surface area contributed by atoms with Crippen molar-refractivity contribution in [3.8, 4) is 11.4 Å². The average molecular weight is 398 g/mol. The summed E-state index contributed by atoms with van der Waals surface area (Å²) in [6.45, 7) is 0.328. The Morgan fingerprint density at radius 2 is 1.96 bits per heavy atom. The van der Waals surface area contributed by atoms with E-state index in [0.29, 0.717) is 11.3 Å². The highest BCUT2D eigenvalue weighted by molar-refractivity contribution is 6.09. The van der Waals surface area contributed by atoms with Crippen LogP contribution in [-0.4, -0.2) is 43.2 Å². The second-order valence-corrected chi connectivity index (χ2v) is 5.43. The van der Waals surface area contributed by atoms with Crippen LogP contribution in [-0.2, 0) is 27.0 Å². The largest absolute Gasteiger partial charge is 0.471 e. The number of aromatic nitrogens is 2. The molecule has 11 heteroatoms. The van der Waals surface area contributed by atoms with Gasteiger partial charge in [0.1, 0.15) is 0 Å². The Labute approximate surface area is 157 Å². The highest BCUT2D eigenvalue weighted by Gasteiger charge is 2.38. The first-order valence-electron chi connectivity index (χ1n) is 7.85. The topological polar surface area (TPSA) is 110 Å². The van der Waals surface area contributed by atoms with Crippen LogP contribution in [0.2, 0.25) is 0 Å². The van der Waals surface area contributed by atoms with E-state index in [1.165, 1.54) is 14.2 Å². The summed E-state index contributed by atoms with van der Waals surface area (Å²) in [6.07, 6.45) is -3.84. The molecule has 0 spiro atoms. The number of methoxy groups -OCH3 is 2. The number of alkyl halides is 3. The van der Waals surface area contributed by atoms with Crippen LogP contribution < -0.4 is 5.32 Å². The molecule has 0 saturated carbocycles. The molecule has 150 valence electrons. The van der Waals surface area contributed by atoms with Crippen molar-refractivity contribution in [3.63, 3.8) is 0 Å². The summed E-state index contributed by atoms with van der Waals surface area (Å²) in [5.74, 6) is -2.27. The molecule has 0 unspecified atom stereocenters. The van der Waals surface area contributed by atoms with Gasteiger partial charge in [-0.25, -0.2) is 4.79 Å². The highest BCUT2D eigenvalue weighted by Crippen LogP contribution is 2.29. The van der Waals surface area contributed by atoms with E-state index in [1.54, 1.807) is 24.3 Å². The van der Waals surface area contributed by atoms with Gasteiger partial charge in [-0.1, -0.05) is 29.4 Å². The van der Waals surface area contributed by atoms with E-state index in [0.717, 1.165) is 11.8 Å². The molecule has 0 aliphatic rings. The van der Waals surface area contributed by atoms with Gasteiger partial charge in [0.05, 0.1) is 25.0 Å². The molecule has 28 heavy (non-hydrogen) atoms. The standard InChI is InChI=1S/C17H17F3N4O4/c1-26-9-13(12(7-21)15(25)27-2)22-8-10-3-5-11(6-4-10)14-23-16(28-24-14)17(18,19)20/h3-7,21-22H,8-9H2,1-2H3/b13-12+,21-7?. The molecule has 0 fully saturated rings. The second kappa shape index (κ2) is 9.13. The maximum Gasteiger partial charge on any atom is 0.471 e. The molecule has 0 aliphatic carbocycles. The molecular formula is C17H17F3N4O4. The lowest BCUT2D eigenvalue weighted by atomic mass is 10.1. The van der Waals surface area contributed by atoms with Crippen LogP contribution in [0.3, 0.4) is 0 Å². The Morgan fingerprint density at radius 3 is 2.46 bits per heavy atom. The van der Waals surface area contributed by atoms with Crippen LogP contribution in [0.15, 0.2) is 40.1 Å². The first-order chi connectivity index (χ1) is 13.3. The van der Waals surface area contributed by atoms with Crippen molar-refractivity contribution in [2.75, 3.05) is 20.8 Å². The minimum Gasteiger partial charge on any atom is -0.465 e. The van der Waals surface area contributed by atoms with Gasteiger partial charge in [-0.05, 0) is 5.56 Å². The maximum atomic E-state index is 12.5. The number of carbonyl (C=O) groups excluding carboxylic acids is 1. The van der Waals surface area contributed by atoms with Gasteiger partial charge in [0.2, 0.25) is 5.82 Å². The molecule has 8 nitrogen and oxygen atoms in total. The van der Waals surface area contributed by atoms with Gasteiger partial charge >= 0.3 is 18.0 Å². The summed E-state index contributed by atoms with van der Waals surface area (Å²) < 4.78 is 51.4. The number of carbonyl (C=O) groups is 1. The van der Waals surface area contributed by atoms with Gasteiger partial charge < -0.3 is 24.7 Å². The molecule has 2 N–H and O–H groups in total. The molecule has 2 aromatic rings. The van der Waals surface area contributed by atoms with E-state index >= 15 is 0 Å². The average Bonchev–Trinajstić information content (AvgIpc) is 3.17. The molecule has 0 aliphatic heterocycles. The van der Waals surface area contributed by atoms with E-state index in [4.69, 9.17) is 10.1 Å². The van der Waals surface area contributed by atoms with E-state index in [2.05, 4.69) is 24.7 Å². The highest BCUT2D eigenvalue weighted by atomic mass is 19.4. The number of benzene rings is 1. The summed E-state index contributed by atoms with van der Waals surface area (Å²) in [5, 5.41) is 13.7. The Bertz CT molecular complexity index is 860. The van der Waals surface area contributed by atoms with Gasteiger partial charge in [0.25, 0.3) is 0 Å². The third kappa shape index (κ3) is 5.16. The Kier molecular flexibility index (Phi) is 6.88. The quantitative estimate of drug-likeness (QED) is 0.399. The molecule has 0 bridgehead atoms. The minimum atomic E-state index is -4.70. The lowest BCUT2D eigenvalue weighted by Gasteiger charge is -2.13. The van der Waals surface area contributed by atoms with Crippen molar-refractivity contribution in [2.45, 2.75) is 12.7 Å². The van der Waals surface area contributed by atoms with E-state index in [1.807, 2.05) is 0 Å². The van der Waals surface area contributed by atoms with Crippen LogP contribution in [0.25, 0.3) is 11.4 Å². The number of nitrogens with zero attached hydrogens (tertiary/aromatic N) is 2. The number of halogens is 3. The van der Waals surface area contributed by atoms with Crippen LogP contribution in [0.4, 0.5) is 13.2 Å². The first-order valence-corrected chi connectivity index (χ1v) is 7.85. The number of ether oxygens (including phenoxy) is 2. The number of hydrogen-bond acceptors (Lipinski definition) is 8. The molecule has 0 amide bonds. The fourth-order valence-electron chi connectivity index (χ4n) is 2.18. The second-order valence-electron chi connectivity index (χ2n) is 5.43. The van der Waals surface area contributed by atoms with Gasteiger partial charge in [-0.3, -0.25) is 0 Å². The number of rotatable bonds is 8. The minimum absolute atomic E-state index is 0.0208. The summed E-state index contributed by atoms with van der Waals surface area (Å²) in [6, 6.07) is 6.39. The molecule has 0 atom stereocenters. The van der Waals surface area contributed by atoms with Crippen molar-refractivity contribution in [3.05, 3.63) is 47.0 Å². The number of hydrogen-bond donors (Lipinski definition) is 2. The third-order valence-electron chi connectivity index (χ3n) is 3.55. The van der Waals surface area contributed by atoms with Crippen molar-refractivity contribution in [2.24, 2.45) is 0 Å². The molecule has 0 saturated heterocycles. The predicted octanol–water partition coefficient (Wildman–Crippen LogP) is 2.57. The SMILES string of the molecule is COC/C(NCc1ccc(-c2noc(C(F)(F)F)n2)cc1)=C(/C=N)C(=O)OC. The number of esters is 1. The van der Waals surface area contributed by atoms with Gasteiger partial charge in [0, 0.05) is 25.4 Å². The van der Waals surface area contributed by atoms with Gasteiger partial charge in [-0.2, -0.15) is 18.2 Å². The lowest BCUT2D eigenvalue weighted by Crippen LogP contribution is -2.23. The first kappa shape index (κ1) is 21.1. The van der Waals surface area contributed by atoms with Gasteiger partial charge in [-0.15, -0.1) is 0 Å². The van der Waals surface area contributed by atoms with E-state index < -0.39 is 18.0 Å². The van der Waals surface area contributed by atoms with Crippen LogP contribution in [0, 0.1) is 5.41 Å². The van der Waals surface area contributed by atoms with Crippen molar-refractivity contribution in [1.82, 2.24) is 15.5 Å². The summed E-state index contributed by atoms with van der Waals surface area (Å²) in [5.41, 5.74) is 1.49. The van der Waals surface area contributed by atoms with Crippen LogP contribution in [0.5, 0.6) is 0 Å². The molecule has 0 radical (unpaired) electrons. The van der Waals surface area contributed by atoms with Crippen LogP contribution in [0.1, 0.15) is 11.5 Å². The molecule has 1 heterocycles. The normalized spacial score (nSPS) is 12.3. The Hall–Kier alpha value is -3.21. The predicted molar refractivity (Wildman–Crippen MR) is 91.3 cm³/mol. The zero-order valence-corrected chi connectivity index (χ0v) is 15.0. The Morgan fingerprint density at radius 1 is 1.29 bits per heavy atom. The molecule has 1 aromatic carbocycles. The third-order valence-corrected chi connectivity index (χ3v) is 3.55. The fraction of sp³-hybridized carbons (Fsp3) is 0.294. The van der Waals surface area contributed by atoms with E-state index in [-0.39, 0.29) is 24.5 Å². The van der Waals surface area contributed by atoms with Gasteiger partial charge in [0.15, 0.2) is 0 Å². The zero-order chi connectivity index (χ0) is 20.7. The van der Waals surface area contributed by atoms with Crippen LogP contribution >= 0.6 is 0 Å². The number of nitrogens with one attached hydrogen (secondary N) is 2. The summed E-state index contributed by atoms with van der Waals surface area (Å²) >= 11 is 0. The van der Waals surface area contributed by atoms with E-state index in [9.17, 15) is 18.0 Å². The molecular weight excluding hydrogens is 381 g/mol. The van der Waals surface area contributed by atoms with Crippen molar-refractivity contribution < 1.29 is 32.0 Å². The monoisotopic (exact) mass is 398 g/mol. The van der Waals surface area contributed by atoms with Crippen molar-refractivity contribution >= 4 is 12.2 Å². The fourth-order valence-corrected chi connectivity index (χ4v) is 2.18. The lowest BCUT2D eigenvalue weighted by molar-refractivity contribution is -0.159. The Balaban J connectivity index is 2.13. The van der Waals surface area contributed by atoms with Crippen molar-refractivity contribution in [1.29, 1.82) is 5.41 Å².